The lowest BCUT2D eigenvalue weighted by atomic mass is 9.95. The van der Waals surface area contributed by atoms with Crippen molar-refractivity contribution in [3.63, 3.8) is 0 Å². The Labute approximate surface area is 158 Å². The maximum Gasteiger partial charge on any atom is 0.295 e. The minimum absolute atomic E-state index is 0.0795. The van der Waals surface area contributed by atoms with Crippen molar-refractivity contribution < 1.29 is 19.4 Å². The number of nitrogens with zero attached hydrogens (tertiary/aromatic N) is 1. The number of benzene rings is 2. The van der Waals surface area contributed by atoms with Crippen molar-refractivity contribution in [2.45, 2.75) is 13.0 Å². The van der Waals surface area contributed by atoms with E-state index in [2.05, 4.69) is 6.58 Å². The summed E-state index contributed by atoms with van der Waals surface area (Å²) >= 11 is 0. The molecule has 2 aromatic carbocycles. The zero-order valence-corrected chi connectivity index (χ0v) is 15.3. The summed E-state index contributed by atoms with van der Waals surface area (Å²) in [7, 11) is 1.57. The highest BCUT2D eigenvalue weighted by atomic mass is 16.5. The lowest BCUT2D eigenvalue weighted by Gasteiger charge is -2.24. The standard InChI is InChI=1S/C22H21NO4/c1-4-13-23-19(15-9-11-17(27-3)12-10-15)18(21(25)22(23)26)20(24)16-7-5-14(2)6-8-16/h4-12,19,24H,1,13H2,2-3H3/t19-/m0/s1. The number of carbonyl (C=O) groups is 2. The van der Waals surface area contributed by atoms with E-state index in [0.29, 0.717) is 16.9 Å². The van der Waals surface area contributed by atoms with Gasteiger partial charge < -0.3 is 14.7 Å². The molecule has 138 valence electrons. The smallest absolute Gasteiger partial charge is 0.295 e. The van der Waals surface area contributed by atoms with Crippen LogP contribution in [0.4, 0.5) is 0 Å². The summed E-state index contributed by atoms with van der Waals surface area (Å²) in [6.07, 6.45) is 1.56. The molecule has 1 fully saturated rings. The number of ketones is 1. The topological polar surface area (TPSA) is 66.8 Å². The minimum Gasteiger partial charge on any atom is -0.507 e. The molecule has 2 aromatic rings. The van der Waals surface area contributed by atoms with Crippen LogP contribution in [0.25, 0.3) is 5.76 Å². The molecule has 5 heteroatoms. The third kappa shape index (κ3) is 3.36. The normalized spacial score (nSPS) is 18.6. The van der Waals surface area contributed by atoms with E-state index in [-0.39, 0.29) is 17.9 Å². The highest BCUT2D eigenvalue weighted by Crippen LogP contribution is 2.39. The quantitative estimate of drug-likeness (QED) is 0.381. The van der Waals surface area contributed by atoms with Crippen LogP contribution < -0.4 is 4.74 Å². The van der Waals surface area contributed by atoms with Crippen LogP contribution in [0, 0.1) is 6.92 Å². The number of likely N-dealkylation sites (tertiary alicyclic amines) is 1. The molecule has 3 rings (SSSR count). The van der Waals surface area contributed by atoms with Crippen LogP contribution in [-0.2, 0) is 9.59 Å². The second kappa shape index (κ2) is 7.50. The highest BCUT2D eigenvalue weighted by Gasteiger charge is 2.45. The number of hydrogen-bond acceptors (Lipinski definition) is 4. The average molecular weight is 363 g/mol. The van der Waals surface area contributed by atoms with Gasteiger partial charge in [-0.05, 0) is 24.6 Å². The molecule has 0 aromatic heterocycles. The Morgan fingerprint density at radius 1 is 1.15 bits per heavy atom. The van der Waals surface area contributed by atoms with Crippen LogP contribution in [0.5, 0.6) is 5.75 Å². The molecular formula is C22H21NO4. The first-order chi connectivity index (χ1) is 13.0. The largest absolute Gasteiger partial charge is 0.507 e. The van der Waals surface area contributed by atoms with Crippen LogP contribution in [-0.4, -0.2) is 35.4 Å². The molecule has 0 spiro atoms. The molecule has 1 atom stereocenters. The van der Waals surface area contributed by atoms with Gasteiger partial charge in [-0.3, -0.25) is 9.59 Å². The second-order valence-corrected chi connectivity index (χ2v) is 6.38. The van der Waals surface area contributed by atoms with Crippen LogP contribution in [0.2, 0.25) is 0 Å². The van der Waals surface area contributed by atoms with Crippen molar-refractivity contribution in [2.24, 2.45) is 0 Å². The van der Waals surface area contributed by atoms with Crippen LogP contribution in [0.1, 0.15) is 22.7 Å². The maximum absolute atomic E-state index is 12.7. The molecule has 27 heavy (non-hydrogen) atoms. The molecule has 0 saturated carbocycles. The number of rotatable bonds is 5. The molecule has 0 aliphatic carbocycles. The van der Waals surface area contributed by atoms with Crippen LogP contribution in [0.3, 0.4) is 0 Å². The summed E-state index contributed by atoms with van der Waals surface area (Å²) in [5, 5.41) is 10.8. The Morgan fingerprint density at radius 3 is 2.33 bits per heavy atom. The Hall–Kier alpha value is -3.34. The van der Waals surface area contributed by atoms with Gasteiger partial charge in [-0.25, -0.2) is 0 Å². The van der Waals surface area contributed by atoms with Crippen molar-refractivity contribution in [3.8, 4) is 5.75 Å². The number of Topliss-reactive ketones (excluding diaryl/α,β-unsaturated/α-hetero) is 1. The molecule has 1 amide bonds. The summed E-state index contributed by atoms with van der Waals surface area (Å²) in [6, 6.07) is 13.6. The number of aryl methyl sites for hydroxylation is 1. The monoisotopic (exact) mass is 363 g/mol. The zero-order chi connectivity index (χ0) is 19.6. The van der Waals surface area contributed by atoms with Crippen molar-refractivity contribution >= 4 is 17.4 Å². The molecule has 1 N–H and O–H groups in total. The van der Waals surface area contributed by atoms with Crippen LogP contribution in [0.15, 0.2) is 66.8 Å². The molecule has 0 unspecified atom stereocenters. The SMILES string of the molecule is C=CCN1C(=O)C(=O)C(=C(O)c2ccc(C)cc2)[C@@H]1c1ccc(OC)cc1. The summed E-state index contributed by atoms with van der Waals surface area (Å²) in [5.74, 6) is -0.862. The molecule has 0 radical (unpaired) electrons. The molecule has 0 bridgehead atoms. The van der Waals surface area contributed by atoms with Gasteiger partial charge in [0.05, 0.1) is 18.7 Å². The molecule has 1 saturated heterocycles. The third-order valence-corrected chi connectivity index (χ3v) is 4.62. The minimum atomic E-state index is -0.698. The Bertz CT molecular complexity index is 910. The van der Waals surface area contributed by atoms with Crippen molar-refractivity contribution in [2.75, 3.05) is 13.7 Å². The Balaban J connectivity index is 2.16. The van der Waals surface area contributed by atoms with Crippen LogP contribution >= 0.6 is 0 Å². The Kier molecular flexibility index (Phi) is 5.12. The first kappa shape index (κ1) is 18.5. The highest BCUT2D eigenvalue weighted by molar-refractivity contribution is 6.46. The van der Waals surface area contributed by atoms with Gasteiger partial charge in [0.2, 0.25) is 0 Å². The van der Waals surface area contributed by atoms with E-state index in [9.17, 15) is 14.7 Å². The molecule has 1 aliphatic heterocycles. The van der Waals surface area contributed by atoms with E-state index in [1.807, 2.05) is 19.1 Å². The van der Waals surface area contributed by atoms with Crippen molar-refractivity contribution in [1.29, 1.82) is 0 Å². The van der Waals surface area contributed by atoms with E-state index in [1.54, 1.807) is 49.6 Å². The molecule has 1 aliphatic rings. The number of carbonyl (C=O) groups excluding carboxylic acids is 2. The van der Waals surface area contributed by atoms with E-state index in [1.165, 1.54) is 4.90 Å². The van der Waals surface area contributed by atoms with Gasteiger partial charge in [0.15, 0.2) is 0 Å². The lowest BCUT2D eigenvalue weighted by Crippen LogP contribution is -2.29. The molecular weight excluding hydrogens is 342 g/mol. The number of methoxy groups -OCH3 is 1. The first-order valence-corrected chi connectivity index (χ1v) is 8.58. The number of aliphatic hydroxyl groups excluding tert-OH is 1. The lowest BCUT2D eigenvalue weighted by molar-refractivity contribution is -0.139. The number of aliphatic hydroxyl groups is 1. The van der Waals surface area contributed by atoms with E-state index in [4.69, 9.17) is 4.74 Å². The fourth-order valence-corrected chi connectivity index (χ4v) is 3.21. The summed E-state index contributed by atoms with van der Waals surface area (Å²) in [4.78, 5) is 26.7. The maximum atomic E-state index is 12.7. The van der Waals surface area contributed by atoms with Gasteiger partial charge in [-0.15, -0.1) is 6.58 Å². The van der Waals surface area contributed by atoms with Crippen molar-refractivity contribution in [3.05, 3.63) is 83.4 Å². The van der Waals surface area contributed by atoms with Gasteiger partial charge in [0.1, 0.15) is 11.5 Å². The third-order valence-electron chi connectivity index (χ3n) is 4.62. The fraction of sp³-hybridized carbons (Fsp3) is 0.182. The second-order valence-electron chi connectivity index (χ2n) is 6.38. The average Bonchev–Trinajstić information content (AvgIpc) is 2.93. The number of ether oxygens (including phenoxy) is 1. The van der Waals surface area contributed by atoms with Gasteiger partial charge in [-0.2, -0.15) is 0 Å². The summed E-state index contributed by atoms with van der Waals surface area (Å²) in [5.41, 5.74) is 2.32. The number of amides is 1. The molecule has 1 heterocycles. The predicted octanol–water partition coefficient (Wildman–Crippen LogP) is 3.61. The van der Waals surface area contributed by atoms with Crippen molar-refractivity contribution in [1.82, 2.24) is 4.90 Å². The summed E-state index contributed by atoms with van der Waals surface area (Å²) in [6.45, 7) is 5.81. The summed E-state index contributed by atoms with van der Waals surface area (Å²) < 4.78 is 5.18. The number of hydrogen-bond donors (Lipinski definition) is 1. The van der Waals surface area contributed by atoms with Gasteiger partial charge >= 0.3 is 0 Å². The first-order valence-electron chi connectivity index (χ1n) is 8.58. The van der Waals surface area contributed by atoms with Gasteiger partial charge in [0.25, 0.3) is 11.7 Å². The zero-order valence-electron chi connectivity index (χ0n) is 15.3. The van der Waals surface area contributed by atoms with E-state index < -0.39 is 17.7 Å². The predicted molar refractivity (Wildman–Crippen MR) is 103 cm³/mol. The Morgan fingerprint density at radius 2 is 1.78 bits per heavy atom. The van der Waals surface area contributed by atoms with E-state index >= 15 is 0 Å². The molecule has 5 nitrogen and oxygen atoms in total. The van der Waals surface area contributed by atoms with Gasteiger partial charge in [-0.1, -0.05) is 48.0 Å². The van der Waals surface area contributed by atoms with E-state index in [0.717, 1.165) is 5.56 Å². The fourth-order valence-electron chi connectivity index (χ4n) is 3.21. The van der Waals surface area contributed by atoms with Gasteiger partial charge in [0, 0.05) is 12.1 Å².